The quantitative estimate of drug-likeness (QED) is 0.687. The SMILES string of the molecule is Cc1sc(NC(=O)[C@H]2[C@@H](C(=O)O)[C@H]3C=C[C@@H]2C3)nc1-c1ccc(Cl)cc1Cl. The number of thiazole rings is 1. The van der Waals surface area contributed by atoms with Crippen molar-refractivity contribution in [3.8, 4) is 11.3 Å². The zero-order valence-electron chi connectivity index (χ0n) is 14.3. The van der Waals surface area contributed by atoms with E-state index in [2.05, 4.69) is 10.3 Å². The first-order chi connectivity index (χ1) is 12.8. The Hall–Kier alpha value is -1.89. The summed E-state index contributed by atoms with van der Waals surface area (Å²) < 4.78 is 0. The van der Waals surface area contributed by atoms with Crippen molar-refractivity contribution in [2.45, 2.75) is 13.3 Å². The van der Waals surface area contributed by atoms with E-state index in [4.69, 9.17) is 23.2 Å². The zero-order chi connectivity index (χ0) is 19.3. The van der Waals surface area contributed by atoms with Gasteiger partial charge in [-0.05, 0) is 43.4 Å². The van der Waals surface area contributed by atoms with Gasteiger partial charge in [0, 0.05) is 15.5 Å². The number of carbonyl (C=O) groups is 2. The van der Waals surface area contributed by atoms with Gasteiger partial charge in [-0.2, -0.15) is 0 Å². The van der Waals surface area contributed by atoms with Gasteiger partial charge < -0.3 is 10.4 Å². The first-order valence-corrected chi connectivity index (χ1v) is 10.1. The van der Waals surface area contributed by atoms with E-state index in [0.29, 0.717) is 20.9 Å². The first kappa shape index (κ1) is 18.5. The van der Waals surface area contributed by atoms with E-state index in [1.54, 1.807) is 18.2 Å². The number of aliphatic carboxylic acids is 1. The van der Waals surface area contributed by atoms with Crippen molar-refractivity contribution in [1.29, 1.82) is 0 Å². The molecule has 0 aliphatic heterocycles. The first-order valence-electron chi connectivity index (χ1n) is 8.50. The predicted molar refractivity (Wildman–Crippen MR) is 106 cm³/mol. The average Bonchev–Trinajstić information content (AvgIpc) is 3.29. The van der Waals surface area contributed by atoms with Crippen molar-refractivity contribution >= 4 is 51.5 Å². The Bertz CT molecular complexity index is 972. The molecule has 1 amide bonds. The van der Waals surface area contributed by atoms with E-state index in [-0.39, 0.29) is 17.7 Å². The minimum Gasteiger partial charge on any atom is -0.481 e. The molecule has 4 rings (SSSR count). The highest BCUT2D eigenvalue weighted by Crippen LogP contribution is 2.48. The second kappa shape index (κ2) is 6.93. The van der Waals surface area contributed by atoms with Gasteiger partial charge in [0.15, 0.2) is 5.13 Å². The van der Waals surface area contributed by atoms with Crippen molar-refractivity contribution in [2.24, 2.45) is 23.7 Å². The summed E-state index contributed by atoms with van der Waals surface area (Å²) in [5, 5.41) is 13.8. The number of fused-ring (bicyclic) bond motifs is 2. The van der Waals surface area contributed by atoms with Gasteiger partial charge in [0.2, 0.25) is 5.91 Å². The zero-order valence-corrected chi connectivity index (χ0v) is 16.6. The van der Waals surface area contributed by atoms with Crippen LogP contribution in [-0.2, 0) is 9.59 Å². The van der Waals surface area contributed by atoms with Crippen LogP contribution in [0, 0.1) is 30.6 Å². The second-order valence-electron chi connectivity index (χ2n) is 6.88. The van der Waals surface area contributed by atoms with Gasteiger partial charge in [-0.3, -0.25) is 9.59 Å². The topological polar surface area (TPSA) is 79.3 Å². The Morgan fingerprint density at radius 2 is 1.93 bits per heavy atom. The smallest absolute Gasteiger partial charge is 0.307 e. The fourth-order valence-corrected chi connectivity index (χ4v) is 5.42. The number of halogens is 2. The molecule has 2 N–H and O–H groups in total. The van der Waals surface area contributed by atoms with Crippen LogP contribution in [-0.4, -0.2) is 22.0 Å². The summed E-state index contributed by atoms with van der Waals surface area (Å²) >= 11 is 13.6. The Kier molecular flexibility index (Phi) is 4.74. The summed E-state index contributed by atoms with van der Waals surface area (Å²) in [6.07, 6.45) is 4.60. The fraction of sp³-hybridized carbons (Fsp3) is 0.316. The summed E-state index contributed by atoms with van der Waals surface area (Å²) in [6.45, 7) is 1.90. The summed E-state index contributed by atoms with van der Waals surface area (Å²) in [6, 6.07) is 5.17. The van der Waals surface area contributed by atoms with Crippen LogP contribution in [0.15, 0.2) is 30.4 Å². The fourth-order valence-electron chi connectivity index (χ4n) is 4.09. The number of aryl methyl sites for hydroxylation is 1. The number of carboxylic acid groups (broad SMARTS) is 1. The molecular formula is C19H16Cl2N2O3S. The van der Waals surface area contributed by atoms with E-state index < -0.39 is 17.8 Å². The lowest BCUT2D eigenvalue weighted by atomic mass is 9.82. The number of aromatic nitrogens is 1. The van der Waals surface area contributed by atoms with Gasteiger partial charge >= 0.3 is 5.97 Å². The molecule has 2 bridgehead atoms. The summed E-state index contributed by atoms with van der Waals surface area (Å²) in [5.41, 5.74) is 1.42. The van der Waals surface area contributed by atoms with Gasteiger partial charge in [0.05, 0.1) is 22.6 Å². The third-order valence-electron chi connectivity index (χ3n) is 5.26. The minimum absolute atomic E-state index is 0.0256. The summed E-state index contributed by atoms with van der Waals surface area (Å²) in [7, 11) is 0. The number of allylic oxidation sites excluding steroid dienone is 2. The van der Waals surface area contributed by atoms with Crippen LogP contribution >= 0.6 is 34.5 Å². The molecule has 27 heavy (non-hydrogen) atoms. The molecule has 0 saturated heterocycles. The Labute approximate surface area is 170 Å². The lowest BCUT2D eigenvalue weighted by Gasteiger charge is -2.23. The van der Waals surface area contributed by atoms with Crippen molar-refractivity contribution in [3.05, 3.63) is 45.3 Å². The highest BCUT2D eigenvalue weighted by atomic mass is 35.5. The molecule has 2 aliphatic rings. The minimum atomic E-state index is -0.920. The van der Waals surface area contributed by atoms with E-state index in [9.17, 15) is 14.7 Å². The lowest BCUT2D eigenvalue weighted by Crippen LogP contribution is -2.36. The third-order valence-corrected chi connectivity index (χ3v) is 6.69. The van der Waals surface area contributed by atoms with Crippen LogP contribution < -0.4 is 5.32 Å². The molecule has 0 radical (unpaired) electrons. The van der Waals surface area contributed by atoms with Crippen molar-refractivity contribution in [1.82, 2.24) is 4.98 Å². The summed E-state index contributed by atoms with van der Waals surface area (Å²) in [4.78, 5) is 29.8. The van der Waals surface area contributed by atoms with E-state index >= 15 is 0 Å². The number of amides is 1. The van der Waals surface area contributed by atoms with Crippen LogP contribution in [0.25, 0.3) is 11.3 Å². The monoisotopic (exact) mass is 422 g/mol. The molecule has 2 aromatic rings. The standard InChI is InChI=1S/C19H16Cl2N2O3S/c1-8-16(12-5-4-11(20)7-13(12)21)22-19(27-8)23-17(24)14-9-2-3-10(6-9)15(14)18(25)26/h2-5,7,9-10,14-15H,6H2,1H3,(H,25,26)(H,22,23,24)/t9-,10+,14-,15+/m1/s1. The number of carboxylic acids is 1. The largest absolute Gasteiger partial charge is 0.481 e. The van der Waals surface area contributed by atoms with Crippen molar-refractivity contribution in [2.75, 3.05) is 5.32 Å². The lowest BCUT2D eigenvalue weighted by molar-refractivity contribution is -0.146. The highest BCUT2D eigenvalue weighted by Gasteiger charge is 2.51. The second-order valence-corrected chi connectivity index (χ2v) is 8.92. The van der Waals surface area contributed by atoms with Crippen LogP contribution in [0.1, 0.15) is 11.3 Å². The third kappa shape index (κ3) is 3.26. The van der Waals surface area contributed by atoms with E-state index in [0.717, 1.165) is 16.9 Å². The molecule has 0 unspecified atom stereocenters. The molecule has 1 heterocycles. The van der Waals surface area contributed by atoms with Gasteiger partial charge in [-0.25, -0.2) is 4.98 Å². The molecule has 1 fully saturated rings. The van der Waals surface area contributed by atoms with Crippen LogP contribution in [0.2, 0.25) is 10.0 Å². The maximum Gasteiger partial charge on any atom is 0.307 e. The molecular weight excluding hydrogens is 407 g/mol. The van der Waals surface area contributed by atoms with E-state index in [1.807, 2.05) is 19.1 Å². The van der Waals surface area contributed by atoms with Gasteiger partial charge in [0.25, 0.3) is 0 Å². The number of hydrogen-bond donors (Lipinski definition) is 2. The number of rotatable bonds is 4. The number of anilines is 1. The predicted octanol–water partition coefficient (Wildman–Crippen LogP) is 4.89. The number of carbonyl (C=O) groups excluding carboxylic acids is 1. The van der Waals surface area contributed by atoms with Gasteiger partial charge in [-0.1, -0.05) is 35.4 Å². The Morgan fingerprint density at radius 1 is 1.22 bits per heavy atom. The van der Waals surface area contributed by atoms with Crippen LogP contribution in [0.4, 0.5) is 5.13 Å². The molecule has 8 heteroatoms. The molecule has 4 atom stereocenters. The molecule has 2 aliphatic carbocycles. The Balaban J connectivity index is 1.58. The molecule has 5 nitrogen and oxygen atoms in total. The van der Waals surface area contributed by atoms with E-state index in [1.165, 1.54) is 11.3 Å². The number of hydrogen-bond acceptors (Lipinski definition) is 4. The summed E-state index contributed by atoms with van der Waals surface area (Å²) in [5.74, 6) is -2.54. The van der Waals surface area contributed by atoms with Gasteiger partial charge in [0.1, 0.15) is 0 Å². The highest BCUT2D eigenvalue weighted by molar-refractivity contribution is 7.16. The molecule has 140 valence electrons. The molecule has 1 aromatic heterocycles. The number of nitrogens with one attached hydrogen (secondary N) is 1. The molecule has 1 saturated carbocycles. The van der Waals surface area contributed by atoms with Gasteiger partial charge in [-0.15, -0.1) is 11.3 Å². The Morgan fingerprint density at radius 3 is 2.59 bits per heavy atom. The number of benzene rings is 1. The average molecular weight is 423 g/mol. The van der Waals surface area contributed by atoms with Crippen molar-refractivity contribution in [3.63, 3.8) is 0 Å². The normalized spacial score (nSPS) is 25.7. The van der Waals surface area contributed by atoms with Crippen LogP contribution in [0.3, 0.4) is 0 Å². The molecule has 0 spiro atoms. The molecule has 1 aromatic carbocycles. The number of nitrogens with zero attached hydrogens (tertiary/aromatic N) is 1. The van der Waals surface area contributed by atoms with Crippen molar-refractivity contribution < 1.29 is 14.7 Å². The van der Waals surface area contributed by atoms with Crippen LogP contribution in [0.5, 0.6) is 0 Å². The maximum atomic E-state index is 12.8. The maximum absolute atomic E-state index is 12.8.